The van der Waals surface area contributed by atoms with Crippen LogP contribution in [0.3, 0.4) is 0 Å². The maximum absolute atomic E-state index is 13.7. The quantitative estimate of drug-likeness (QED) is 0.680. The maximum atomic E-state index is 13.7. The molecule has 4 heteroatoms. The van der Waals surface area contributed by atoms with Crippen molar-refractivity contribution in [2.45, 2.75) is 64.0 Å². The van der Waals surface area contributed by atoms with Crippen molar-refractivity contribution in [2.24, 2.45) is 0 Å². The zero-order valence-corrected chi connectivity index (χ0v) is 17.9. The summed E-state index contributed by atoms with van der Waals surface area (Å²) < 4.78 is 0. The molecule has 1 heterocycles. The van der Waals surface area contributed by atoms with Gasteiger partial charge < -0.3 is 9.80 Å². The third kappa shape index (κ3) is 4.58. The van der Waals surface area contributed by atoms with Crippen molar-refractivity contribution in [3.8, 4) is 0 Å². The highest BCUT2D eigenvalue weighted by Gasteiger charge is 2.42. The molecule has 0 radical (unpaired) electrons. The van der Waals surface area contributed by atoms with Gasteiger partial charge >= 0.3 is 0 Å². The van der Waals surface area contributed by atoms with Crippen LogP contribution in [0, 0.1) is 6.92 Å². The fraction of sp³-hybridized carbons (Fsp3) is 0.462. The van der Waals surface area contributed by atoms with Gasteiger partial charge in [0.25, 0.3) is 5.91 Å². The van der Waals surface area contributed by atoms with Gasteiger partial charge in [-0.15, -0.1) is 0 Å². The largest absolute Gasteiger partial charge is 0.328 e. The number of piperazine rings is 1. The highest BCUT2D eigenvalue weighted by Crippen LogP contribution is 2.32. The number of hydrogen-bond donors (Lipinski definition) is 0. The lowest BCUT2D eigenvalue weighted by Gasteiger charge is -2.43. The van der Waals surface area contributed by atoms with Gasteiger partial charge in [0.2, 0.25) is 5.91 Å². The molecule has 1 unspecified atom stereocenters. The summed E-state index contributed by atoms with van der Waals surface area (Å²) in [6, 6.07) is 18.0. The summed E-state index contributed by atoms with van der Waals surface area (Å²) in [4.78, 5) is 30.7. The van der Waals surface area contributed by atoms with E-state index in [1.54, 1.807) is 0 Å². The van der Waals surface area contributed by atoms with E-state index in [4.69, 9.17) is 0 Å². The molecule has 2 aromatic carbocycles. The molecule has 4 nitrogen and oxygen atoms in total. The minimum Gasteiger partial charge on any atom is -0.328 e. The van der Waals surface area contributed by atoms with Crippen LogP contribution in [0.5, 0.6) is 0 Å². The molecule has 2 aromatic rings. The van der Waals surface area contributed by atoms with Gasteiger partial charge in [-0.05, 0) is 37.3 Å². The highest BCUT2D eigenvalue weighted by atomic mass is 16.2. The van der Waals surface area contributed by atoms with Crippen molar-refractivity contribution < 1.29 is 9.59 Å². The van der Waals surface area contributed by atoms with Crippen LogP contribution in [0.4, 0.5) is 0 Å². The number of rotatable bonds is 5. The normalized spacial score (nSPS) is 21.0. The number of benzene rings is 2. The van der Waals surface area contributed by atoms with Gasteiger partial charge in [0.1, 0.15) is 12.6 Å². The van der Waals surface area contributed by atoms with E-state index in [0.717, 1.165) is 43.2 Å². The molecular formula is C26H32N2O2. The van der Waals surface area contributed by atoms with E-state index in [1.165, 1.54) is 18.4 Å². The first-order chi connectivity index (χ1) is 14.6. The van der Waals surface area contributed by atoms with Crippen LogP contribution in [-0.4, -0.2) is 40.7 Å². The Bertz CT molecular complexity index is 854. The summed E-state index contributed by atoms with van der Waals surface area (Å²) in [5.74, 6) is 0.166. The lowest BCUT2D eigenvalue weighted by atomic mass is 9.96. The van der Waals surface area contributed by atoms with Crippen LogP contribution < -0.4 is 0 Å². The summed E-state index contributed by atoms with van der Waals surface area (Å²) in [5, 5.41) is 0. The molecule has 1 atom stereocenters. The van der Waals surface area contributed by atoms with Crippen LogP contribution in [0.2, 0.25) is 0 Å². The van der Waals surface area contributed by atoms with Crippen LogP contribution in [-0.2, 0) is 16.0 Å². The molecule has 0 aromatic heterocycles. The van der Waals surface area contributed by atoms with Gasteiger partial charge in [0, 0.05) is 12.6 Å². The molecule has 0 bridgehead atoms. The van der Waals surface area contributed by atoms with E-state index in [9.17, 15) is 9.59 Å². The second kappa shape index (κ2) is 9.46. The van der Waals surface area contributed by atoms with Crippen LogP contribution in [0.15, 0.2) is 54.6 Å². The Labute approximate surface area is 179 Å². The van der Waals surface area contributed by atoms with Gasteiger partial charge in [-0.3, -0.25) is 9.59 Å². The third-order valence-electron chi connectivity index (χ3n) is 6.60. The van der Waals surface area contributed by atoms with E-state index < -0.39 is 6.04 Å². The second-order valence-corrected chi connectivity index (χ2v) is 8.75. The van der Waals surface area contributed by atoms with E-state index >= 15 is 0 Å². The van der Waals surface area contributed by atoms with Gasteiger partial charge in [-0.2, -0.15) is 0 Å². The van der Waals surface area contributed by atoms with E-state index in [0.29, 0.717) is 6.54 Å². The van der Waals surface area contributed by atoms with Gasteiger partial charge in [0.05, 0.1) is 0 Å². The second-order valence-electron chi connectivity index (χ2n) is 8.75. The number of hydrogen-bond acceptors (Lipinski definition) is 2. The van der Waals surface area contributed by atoms with Crippen molar-refractivity contribution in [2.75, 3.05) is 13.1 Å². The van der Waals surface area contributed by atoms with E-state index in [2.05, 4.69) is 12.1 Å². The number of carbonyl (C=O) groups is 2. The third-order valence-corrected chi connectivity index (χ3v) is 6.60. The highest BCUT2D eigenvalue weighted by molar-refractivity contribution is 5.95. The van der Waals surface area contributed by atoms with Crippen molar-refractivity contribution in [3.05, 3.63) is 71.3 Å². The molecular weight excluding hydrogens is 372 g/mol. The summed E-state index contributed by atoms with van der Waals surface area (Å²) in [6.45, 7) is 2.83. The number of carbonyl (C=O) groups excluding carboxylic acids is 2. The summed E-state index contributed by atoms with van der Waals surface area (Å²) >= 11 is 0. The molecule has 0 spiro atoms. The molecule has 2 aliphatic rings. The summed E-state index contributed by atoms with van der Waals surface area (Å²) in [7, 11) is 0. The van der Waals surface area contributed by atoms with Crippen molar-refractivity contribution >= 4 is 11.8 Å². The predicted octanol–water partition coefficient (Wildman–Crippen LogP) is 4.67. The summed E-state index contributed by atoms with van der Waals surface area (Å²) in [5.41, 5.74) is 3.27. The molecule has 158 valence electrons. The minimum atomic E-state index is -0.515. The SMILES string of the molecule is Cc1ccc(C2C(=O)N(C3CCCCCC3)CC(=O)N2CCc2ccccc2)cc1. The monoisotopic (exact) mass is 404 g/mol. The molecule has 1 saturated heterocycles. The Morgan fingerprint density at radius 1 is 0.867 bits per heavy atom. The van der Waals surface area contributed by atoms with Crippen molar-refractivity contribution in [1.29, 1.82) is 0 Å². The molecule has 1 aliphatic carbocycles. The van der Waals surface area contributed by atoms with Crippen LogP contribution in [0.1, 0.15) is 61.3 Å². The predicted molar refractivity (Wildman–Crippen MR) is 119 cm³/mol. The Morgan fingerprint density at radius 2 is 1.53 bits per heavy atom. The lowest BCUT2D eigenvalue weighted by Crippen LogP contribution is -2.58. The fourth-order valence-corrected chi connectivity index (χ4v) is 4.85. The Hall–Kier alpha value is -2.62. The fourth-order valence-electron chi connectivity index (χ4n) is 4.85. The molecule has 1 aliphatic heterocycles. The first kappa shape index (κ1) is 20.6. The van der Waals surface area contributed by atoms with E-state index in [-0.39, 0.29) is 24.4 Å². The first-order valence-corrected chi connectivity index (χ1v) is 11.3. The summed E-state index contributed by atoms with van der Waals surface area (Å²) in [6.07, 6.45) is 7.55. The van der Waals surface area contributed by atoms with Gasteiger partial charge in [-0.1, -0.05) is 85.8 Å². The zero-order chi connectivity index (χ0) is 20.9. The molecule has 2 fully saturated rings. The van der Waals surface area contributed by atoms with Crippen molar-refractivity contribution in [1.82, 2.24) is 9.80 Å². The number of nitrogens with zero attached hydrogens (tertiary/aromatic N) is 2. The van der Waals surface area contributed by atoms with E-state index in [1.807, 2.05) is 59.2 Å². The van der Waals surface area contributed by atoms with Crippen LogP contribution >= 0.6 is 0 Å². The Kier molecular flexibility index (Phi) is 6.51. The average Bonchev–Trinajstić information content (AvgIpc) is 3.05. The minimum absolute atomic E-state index is 0.0698. The van der Waals surface area contributed by atoms with Gasteiger partial charge in [-0.25, -0.2) is 0 Å². The Balaban J connectivity index is 1.60. The number of amides is 2. The molecule has 30 heavy (non-hydrogen) atoms. The molecule has 2 amide bonds. The lowest BCUT2D eigenvalue weighted by molar-refractivity contribution is -0.158. The average molecular weight is 405 g/mol. The molecule has 1 saturated carbocycles. The van der Waals surface area contributed by atoms with Crippen LogP contribution in [0.25, 0.3) is 0 Å². The number of aryl methyl sites for hydroxylation is 1. The zero-order valence-electron chi connectivity index (χ0n) is 17.9. The first-order valence-electron chi connectivity index (χ1n) is 11.3. The van der Waals surface area contributed by atoms with Gasteiger partial charge in [0.15, 0.2) is 0 Å². The molecule has 0 N–H and O–H groups in total. The smallest absolute Gasteiger partial charge is 0.250 e. The Morgan fingerprint density at radius 3 is 2.20 bits per heavy atom. The molecule has 4 rings (SSSR count). The standard InChI is InChI=1S/C26H32N2O2/c1-20-13-15-22(16-14-20)25-26(30)28(23-11-7-2-3-8-12-23)19-24(29)27(25)18-17-21-9-5-4-6-10-21/h4-6,9-10,13-16,23,25H,2-3,7-8,11-12,17-19H2,1H3. The maximum Gasteiger partial charge on any atom is 0.250 e. The topological polar surface area (TPSA) is 40.6 Å². The van der Waals surface area contributed by atoms with Crippen molar-refractivity contribution in [3.63, 3.8) is 0 Å².